The van der Waals surface area contributed by atoms with Gasteiger partial charge in [-0.3, -0.25) is 0 Å². The van der Waals surface area contributed by atoms with E-state index < -0.39 is 10.1 Å². The summed E-state index contributed by atoms with van der Waals surface area (Å²) in [5.41, 5.74) is 3.55. The molecule has 0 atom stereocenters. The van der Waals surface area contributed by atoms with Gasteiger partial charge in [-0.25, -0.2) is 8.42 Å². The fraction of sp³-hybridized carbons (Fsp3) is 0.462. The normalized spacial score (nSPS) is 12.2. The van der Waals surface area contributed by atoms with Gasteiger partial charge in [0.1, 0.15) is 4.70 Å². The lowest BCUT2D eigenvalue weighted by atomic mass is 10.1. The van der Waals surface area contributed by atoms with E-state index in [1.54, 1.807) is 11.3 Å². The Morgan fingerprint density at radius 1 is 1.26 bits per heavy atom. The molecule has 0 aliphatic rings. The van der Waals surface area contributed by atoms with E-state index in [4.69, 9.17) is 0 Å². The van der Waals surface area contributed by atoms with Crippen molar-refractivity contribution in [2.45, 2.75) is 33.7 Å². The molecule has 1 aromatic heterocycles. The Hall–Kier alpha value is -0.980. The standard InChI is InChI=1S/C13H17NO3S2/c1-9-7-10(2)13-12(8-9)14(11(3)18-13)5-4-6-19(15,16)17/h7-8H,4-6H2,1-3H3. The van der Waals surface area contributed by atoms with Crippen LogP contribution in [0.25, 0.3) is 10.2 Å². The molecule has 0 unspecified atom stereocenters. The highest BCUT2D eigenvalue weighted by Gasteiger charge is 2.18. The van der Waals surface area contributed by atoms with Crippen LogP contribution >= 0.6 is 11.3 Å². The van der Waals surface area contributed by atoms with Crippen LogP contribution in [0.2, 0.25) is 0 Å². The molecule has 0 aliphatic heterocycles. The van der Waals surface area contributed by atoms with Crippen LogP contribution in [0.3, 0.4) is 0 Å². The predicted octanol–water partition coefficient (Wildman–Crippen LogP) is 2.05. The number of hydrogen-bond donors (Lipinski definition) is 0. The SMILES string of the molecule is Cc1cc(C)c2sc(C)[n+](CCCS(=O)(=O)[O-])c2c1. The van der Waals surface area contributed by atoms with Crippen molar-refractivity contribution in [1.82, 2.24) is 0 Å². The van der Waals surface area contributed by atoms with Crippen LogP contribution in [0.1, 0.15) is 22.6 Å². The molecule has 0 saturated heterocycles. The second kappa shape index (κ2) is 5.19. The lowest BCUT2D eigenvalue weighted by molar-refractivity contribution is -0.672. The van der Waals surface area contributed by atoms with Crippen molar-refractivity contribution in [3.8, 4) is 0 Å². The van der Waals surface area contributed by atoms with Crippen LogP contribution in [0.15, 0.2) is 12.1 Å². The molecule has 104 valence electrons. The maximum atomic E-state index is 10.7. The van der Waals surface area contributed by atoms with E-state index in [1.165, 1.54) is 15.8 Å². The molecular formula is C13H17NO3S2. The van der Waals surface area contributed by atoms with Crippen molar-refractivity contribution in [2.75, 3.05) is 5.75 Å². The van der Waals surface area contributed by atoms with Crippen molar-refractivity contribution in [3.05, 3.63) is 28.3 Å². The third-order valence-corrected chi connectivity index (χ3v) is 5.14. The number of nitrogens with zero attached hydrogens (tertiary/aromatic N) is 1. The van der Waals surface area contributed by atoms with Crippen molar-refractivity contribution < 1.29 is 17.5 Å². The minimum absolute atomic E-state index is 0.304. The smallest absolute Gasteiger partial charge is 0.235 e. The van der Waals surface area contributed by atoms with E-state index >= 15 is 0 Å². The quantitative estimate of drug-likeness (QED) is 0.641. The Morgan fingerprint density at radius 3 is 2.58 bits per heavy atom. The average molecular weight is 299 g/mol. The predicted molar refractivity (Wildman–Crippen MR) is 75.4 cm³/mol. The molecule has 1 aromatic carbocycles. The first-order valence-corrected chi connectivity index (χ1v) is 8.51. The summed E-state index contributed by atoms with van der Waals surface area (Å²) in [4.78, 5) is 0. The maximum absolute atomic E-state index is 10.7. The minimum Gasteiger partial charge on any atom is -0.748 e. The lowest BCUT2D eigenvalue weighted by Gasteiger charge is -2.04. The molecule has 0 spiro atoms. The summed E-state index contributed by atoms with van der Waals surface area (Å²) in [5, 5.41) is 1.13. The van der Waals surface area contributed by atoms with Crippen LogP contribution in [0.4, 0.5) is 0 Å². The Balaban J connectivity index is 2.35. The number of aromatic nitrogens is 1. The monoisotopic (exact) mass is 299 g/mol. The van der Waals surface area contributed by atoms with Gasteiger partial charge in [0.05, 0.1) is 10.1 Å². The van der Waals surface area contributed by atoms with E-state index in [0.717, 1.165) is 10.5 Å². The molecule has 0 fully saturated rings. The zero-order chi connectivity index (χ0) is 14.2. The molecule has 0 N–H and O–H groups in total. The van der Waals surface area contributed by atoms with Gasteiger partial charge in [0.15, 0.2) is 6.54 Å². The summed E-state index contributed by atoms with van der Waals surface area (Å²) in [6, 6.07) is 4.25. The molecule has 2 rings (SSSR count). The highest BCUT2D eigenvalue weighted by Crippen LogP contribution is 2.25. The second-order valence-electron chi connectivity index (χ2n) is 4.82. The largest absolute Gasteiger partial charge is 0.748 e. The average Bonchev–Trinajstić information content (AvgIpc) is 2.55. The molecule has 19 heavy (non-hydrogen) atoms. The van der Waals surface area contributed by atoms with Gasteiger partial charge in [0.25, 0.3) is 0 Å². The first-order valence-electron chi connectivity index (χ1n) is 6.12. The van der Waals surface area contributed by atoms with Gasteiger partial charge in [0, 0.05) is 25.2 Å². The molecule has 4 nitrogen and oxygen atoms in total. The molecule has 0 saturated carbocycles. The van der Waals surface area contributed by atoms with Crippen molar-refractivity contribution in [1.29, 1.82) is 0 Å². The van der Waals surface area contributed by atoms with Crippen LogP contribution in [0, 0.1) is 20.8 Å². The Labute approximate surface area is 117 Å². The zero-order valence-electron chi connectivity index (χ0n) is 11.3. The second-order valence-corrected chi connectivity index (χ2v) is 7.54. The van der Waals surface area contributed by atoms with Gasteiger partial charge in [-0.15, -0.1) is 0 Å². The van der Waals surface area contributed by atoms with Crippen molar-refractivity contribution in [2.24, 2.45) is 0 Å². The maximum Gasteiger partial charge on any atom is 0.235 e. The number of fused-ring (bicyclic) bond motifs is 1. The Morgan fingerprint density at radius 2 is 1.95 bits per heavy atom. The number of rotatable bonds is 4. The highest BCUT2D eigenvalue weighted by molar-refractivity contribution is 7.85. The Kier molecular flexibility index (Phi) is 3.94. The number of thiazole rings is 1. The first-order chi connectivity index (χ1) is 8.78. The van der Waals surface area contributed by atoms with Crippen molar-refractivity contribution in [3.63, 3.8) is 0 Å². The lowest BCUT2D eigenvalue weighted by Crippen LogP contribution is -2.36. The molecular weight excluding hydrogens is 282 g/mol. The molecule has 0 aliphatic carbocycles. The third kappa shape index (κ3) is 3.32. The summed E-state index contributed by atoms with van der Waals surface area (Å²) >= 11 is 1.71. The van der Waals surface area contributed by atoms with E-state index in [2.05, 4.69) is 23.6 Å². The van der Waals surface area contributed by atoms with E-state index in [9.17, 15) is 13.0 Å². The van der Waals surface area contributed by atoms with Gasteiger partial charge in [-0.2, -0.15) is 4.57 Å². The van der Waals surface area contributed by atoms with Gasteiger partial charge >= 0.3 is 0 Å². The topological polar surface area (TPSA) is 61.1 Å². The molecule has 1 heterocycles. The number of hydrogen-bond acceptors (Lipinski definition) is 4. The van der Waals surface area contributed by atoms with Gasteiger partial charge in [-0.05, 0) is 25.0 Å². The van der Waals surface area contributed by atoms with E-state index in [1.807, 2.05) is 13.8 Å². The highest BCUT2D eigenvalue weighted by atomic mass is 32.2. The van der Waals surface area contributed by atoms with Crippen LogP contribution in [-0.4, -0.2) is 18.7 Å². The van der Waals surface area contributed by atoms with Gasteiger partial charge in [0.2, 0.25) is 10.5 Å². The molecule has 0 amide bonds. The summed E-state index contributed by atoms with van der Waals surface area (Å²) in [6.45, 7) is 6.71. The van der Waals surface area contributed by atoms with Crippen LogP contribution in [0.5, 0.6) is 0 Å². The Bertz CT molecular complexity index is 717. The first kappa shape index (κ1) is 14.4. The third-order valence-electron chi connectivity index (χ3n) is 3.10. The van der Waals surface area contributed by atoms with Crippen LogP contribution < -0.4 is 4.57 Å². The van der Waals surface area contributed by atoms with E-state index in [0.29, 0.717) is 13.0 Å². The molecule has 2 aromatic rings. The van der Waals surface area contributed by atoms with Gasteiger partial charge < -0.3 is 4.55 Å². The molecule has 6 heteroatoms. The van der Waals surface area contributed by atoms with Crippen LogP contribution in [-0.2, 0) is 16.7 Å². The summed E-state index contributed by atoms with van der Waals surface area (Å²) in [5.74, 6) is -0.304. The van der Waals surface area contributed by atoms with E-state index in [-0.39, 0.29) is 5.75 Å². The summed E-state index contributed by atoms with van der Waals surface area (Å²) in [7, 11) is -4.12. The van der Waals surface area contributed by atoms with Crippen molar-refractivity contribution >= 4 is 31.7 Å². The zero-order valence-corrected chi connectivity index (χ0v) is 12.9. The summed E-state index contributed by atoms with van der Waals surface area (Å²) in [6.07, 6.45) is 0.357. The minimum atomic E-state index is -4.12. The number of benzene rings is 1. The fourth-order valence-electron chi connectivity index (χ4n) is 2.31. The summed E-state index contributed by atoms with van der Waals surface area (Å²) < 4.78 is 35.3. The molecule has 0 bridgehead atoms. The molecule has 0 radical (unpaired) electrons. The number of aryl methyl sites for hydroxylation is 4. The fourth-order valence-corrected chi connectivity index (χ4v) is 3.89. The van der Waals surface area contributed by atoms with Gasteiger partial charge in [-0.1, -0.05) is 17.4 Å².